The molecule has 0 aliphatic carbocycles. The summed E-state index contributed by atoms with van der Waals surface area (Å²) in [5.41, 5.74) is 5.41. The minimum absolute atomic E-state index is 0.0912. The smallest absolute Gasteiger partial charge is 0.240 e. The zero-order valence-corrected chi connectivity index (χ0v) is 23.2. The molecule has 0 saturated heterocycles. The molecule has 2 aliphatic heterocycles. The summed E-state index contributed by atoms with van der Waals surface area (Å²) in [4.78, 5) is 28.4. The second kappa shape index (κ2) is 11.1. The van der Waals surface area contributed by atoms with Gasteiger partial charge in [0, 0.05) is 17.7 Å². The van der Waals surface area contributed by atoms with Gasteiger partial charge in [-0.1, -0.05) is 61.5 Å². The highest BCUT2D eigenvalue weighted by atomic mass is 32.2. The Morgan fingerprint density at radius 3 is 2.62 bits per heavy atom. The molecular formula is C31H30N4O4S. The number of hydrogen-bond acceptors (Lipinski definition) is 6. The molecule has 2 amide bonds. The number of anilines is 1. The van der Waals surface area contributed by atoms with Gasteiger partial charge in [0.1, 0.15) is 12.4 Å². The van der Waals surface area contributed by atoms with Crippen LogP contribution in [0.3, 0.4) is 0 Å². The Bertz CT molecular complexity index is 1570. The molecule has 0 saturated carbocycles. The third-order valence-electron chi connectivity index (χ3n) is 7.05. The van der Waals surface area contributed by atoms with Crippen molar-refractivity contribution in [2.75, 3.05) is 30.5 Å². The number of aryl methyl sites for hydroxylation is 1. The highest BCUT2D eigenvalue weighted by Crippen LogP contribution is 2.50. The van der Waals surface area contributed by atoms with Gasteiger partial charge in [-0.15, -0.1) is 11.8 Å². The Hall–Kier alpha value is -4.24. The van der Waals surface area contributed by atoms with Crippen LogP contribution >= 0.6 is 11.8 Å². The van der Waals surface area contributed by atoms with Crippen LogP contribution in [0.25, 0.3) is 16.9 Å². The normalized spacial score (nSPS) is 16.0. The lowest BCUT2D eigenvalue weighted by Gasteiger charge is -2.23. The number of amides is 2. The highest BCUT2D eigenvalue weighted by molar-refractivity contribution is 8.00. The monoisotopic (exact) mass is 554 g/mol. The maximum atomic E-state index is 13.8. The van der Waals surface area contributed by atoms with Crippen molar-refractivity contribution in [3.8, 4) is 28.4 Å². The predicted octanol–water partition coefficient (Wildman–Crippen LogP) is 5.27. The molecule has 0 spiro atoms. The topological polar surface area (TPSA) is 85.7 Å². The fourth-order valence-corrected chi connectivity index (χ4v) is 6.29. The number of aromatic nitrogens is 2. The summed E-state index contributed by atoms with van der Waals surface area (Å²) in [7, 11) is 0. The van der Waals surface area contributed by atoms with Crippen molar-refractivity contribution in [1.82, 2.24) is 15.1 Å². The average Bonchev–Trinajstić information content (AvgIpc) is 3.57. The minimum atomic E-state index is -0.245. The fourth-order valence-electron chi connectivity index (χ4n) is 5.10. The summed E-state index contributed by atoms with van der Waals surface area (Å²) in [6.45, 7) is 4.66. The number of carbonyl (C=O) groups excluding carboxylic acids is 2. The van der Waals surface area contributed by atoms with Crippen molar-refractivity contribution >= 4 is 29.4 Å². The molecule has 204 valence electrons. The predicted molar refractivity (Wildman–Crippen MR) is 156 cm³/mol. The van der Waals surface area contributed by atoms with Crippen LogP contribution in [0, 0.1) is 6.92 Å². The quantitative estimate of drug-likeness (QED) is 0.335. The average molecular weight is 555 g/mol. The van der Waals surface area contributed by atoms with Crippen LogP contribution < -0.4 is 19.7 Å². The van der Waals surface area contributed by atoms with Crippen molar-refractivity contribution in [2.24, 2.45) is 0 Å². The molecule has 3 heterocycles. The second-order valence-electron chi connectivity index (χ2n) is 9.78. The molecular weight excluding hydrogens is 524 g/mol. The Labute approximate surface area is 237 Å². The Morgan fingerprint density at radius 1 is 1.05 bits per heavy atom. The van der Waals surface area contributed by atoms with E-state index in [0.29, 0.717) is 23.9 Å². The summed E-state index contributed by atoms with van der Waals surface area (Å²) in [6.07, 6.45) is 0.812. The van der Waals surface area contributed by atoms with Crippen molar-refractivity contribution in [2.45, 2.75) is 25.5 Å². The lowest BCUT2D eigenvalue weighted by Crippen LogP contribution is -2.42. The standard InChI is InChI=1S/C31H30N4O4S/c1-3-15-32-26(36)17-34-27(37)18-40-30(22-13-14-24-25(16-22)39-19-38-24)28-29(21-10-5-4-6-11-21)33-35(31(28)34)23-12-8-7-9-20(23)2/h4-14,16,30H,3,15,17-19H2,1-2H3,(H,32,36). The number of nitrogens with zero attached hydrogens (tertiary/aromatic N) is 3. The number of hydrogen-bond donors (Lipinski definition) is 1. The van der Waals surface area contributed by atoms with Crippen LogP contribution in [-0.4, -0.2) is 47.2 Å². The van der Waals surface area contributed by atoms with Gasteiger partial charge in [-0.3, -0.25) is 14.5 Å². The van der Waals surface area contributed by atoms with Gasteiger partial charge in [0.05, 0.1) is 22.4 Å². The van der Waals surface area contributed by atoms with E-state index in [1.807, 2.05) is 91.3 Å². The number of thioether (sulfide) groups is 1. The van der Waals surface area contributed by atoms with E-state index in [9.17, 15) is 9.59 Å². The van der Waals surface area contributed by atoms with Crippen molar-refractivity contribution < 1.29 is 19.1 Å². The third kappa shape index (κ3) is 4.81. The first-order valence-electron chi connectivity index (χ1n) is 13.4. The van der Waals surface area contributed by atoms with E-state index >= 15 is 0 Å². The Balaban J connectivity index is 1.61. The number of carbonyl (C=O) groups is 2. The van der Waals surface area contributed by atoms with Crippen molar-refractivity contribution in [1.29, 1.82) is 0 Å². The van der Waals surface area contributed by atoms with E-state index in [2.05, 4.69) is 5.32 Å². The van der Waals surface area contributed by atoms with E-state index in [4.69, 9.17) is 14.6 Å². The van der Waals surface area contributed by atoms with Crippen LogP contribution in [-0.2, 0) is 9.59 Å². The molecule has 4 aromatic rings. The molecule has 40 heavy (non-hydrogen) atoms. The largest absolute Gasteiger partial charge is 0.454 e. The molecule has 2 aliphatic rings. The molecule has 9 heteroatoms. The molecule has 0 bridgehead atoms. The molecule has 1 aromatic heterocycles. The maximum Gasteiger partial charge on any atom is 0.240 e. The number of fused-ring (bicyclic) bond motifs is 2. The molecule has 1 atom stereocenters. The van der Waals surface area contributed by atoms with E-state index in [1.165, 1.54) is 11.8 Å². The zero-order valence-electron chi connectivity index (χ0n) is 22.4. The highest BCUT2D eigenvalue weighted by Gasteiger charge is 2.38. The van der Waals surface area contributed by atoms with Gasteiger partial charge < -0.3 is 14.8 Å². The van der Waals surface area contributed by atoms with Crippen LogP contribution in [0.4, 0.5) is 5.82 Å². The first kappa shape index (κ1) is 26.0. The van der Waals surface area contributed by atoms with Crippen LogP contribution in [0.1, 0.15) is 35.3 Å². The number of benzene rings is 3. The lowest BCUT2D eigenvalue weighted by atomic mass is 9.99. The summed E-state index contributed by atoms with van der Waals surface area (Å²) in [6, 6.07) is 23.8. The fraction of sp³-hybridized carbons (Fsp3) is 0.258. The first-order chi connectivity index (χ1) is 19.5. The summed E-state index contributed by atoms with van der Waals surface area (Å²) in [5, 5.41) is 7.85. The molecule has 1 unspecified atom stereocenters. The van der Waals surface area contributed by atoms with Gasteiger partial charge >= 0.3 is 0 Å². The van der Waals surface area contributed by atoms with Gasteiger partial charge in [0.15, 0.2) is 11.5 Å². The van der Waals surface area contributed by atoms with E-state index in [0.717, 1.165) is 40.1 Å². The number of ether oxygens (including phenoxy) is 2. The SMILES string of the molecule is CCCNC(=O)CN1C(=O)CSC(c2ccc3c(c2)OCO3)c2c(-c3ccccc3)nn(-c3ccccc3C)c21. The summed E-state index contributed by atoms with van der Waals surface area (Å²) >= 11 is 1.53. The van der Waals surface area contributed by atoms with Crippen molar-refractivity contribution in [3.63, 3.8) is 0 Å². The number of para-hydroxylation sites is 1. The second-order valence-corrected chi connectivity index (χ2v) is 10.9. The number of nitrogens with one attached hydrogen (secondary N) is 1. The summed E-state index contributed by atoms with van der Waals surface area (Å²) in [5.74, 6) is 1.85. The van der Waals surface area contributed by atoms with E-state index < -0.39 is 0 Å². The Kier molecular flexibility index (Phi) is 7.21. The van der Waals surface area contributed by atoms with E-state index in [-0.39, 0.29) is 36.2 Å². The maximum absolute atomic E-state index is 13.8. The van der Waals surface area contributed by atoms with Gasteiger partial charge in [-0.05, 0) is 42.7 Å². The molecule has 6 rings (SSSR count). The van der Waals surface area contributed by atoms with Gasteiger partial charge in [-0.2, -0.15) is 5.10 Å². The Morgan fingerprint density at radius 2 is 1.82 bits per heavy atom. The summed E-state index contributed by atoms with van der Waals surface area (Å²) < 4.78 is 13.1. The molecule has 3 aromatic carbocycles. The van der Waals surface area contributed by atoms with Crippen LogP contribution in [0.15, 0.2) is 72.8 Å². The van der Waals surface area contributed by atoms with Gasteiger partial charge in [0.2, 0.25) is 18.6 Å². The van der Waals surface area contributed by atoms with Gasteiger partial charge in [0.25, 0.3) is 0 Å². The lowest BCUT2D eigenvalue weighted by molar-refractivity contribution is -0.122. The molecule has 1 N–H and O–H groups in total. The minimum Gasteiger partial charge on any atom is -0.454 e. The molecule has 8 nitrogen and oxygen atoms in total. The van der Waals surface area contributed by atoms with E-state index in [1.54, 1.807) is 4.90 Å². The zero-order chi connectivity index (χ0) is 27.6. The number of rotatable bonds is 7. The van der Waals surface area contributed by atoms with Crippen LogP contribution in [0.5, 0.6) is 11.5 Å². The first-order valence-corrected chi connectivity index (χ1v) is 14.4. The molecule has 0 fully saturated rings. The molecule has 0 radical (unpaired) electrons. The van der Waals surface area contributed by atoms with Gasteiger partial charge in [-0.25, -0.2) is 4.68 Å². The third-order valence-corrected chi connectivity index (χ3v) is 8.31. The van der Waals surface area contributed by atoms with Crippen LogP contribution in [0.2, 0.25) is 0 Å². The van der Waals surface area contributed by atoms with Crippen molar-refractivity contribution in [3.05, 3.63) is 89.5 Å².